The average Bonchev–Trinajstić information content (AvgIpc) is 2.52. The fourth-order valence-electron chi connectivity index (χ4n) is 4.03. The molecule has 0 aromatic rings. The van der Waals surface area contributed by atoms with Crippen LogP contribution in [-0.2, 0) is 0 Å². The van der Waals surface area contributed by atoms with Crippen LogP contribution in [0.1, 0.15) is 32.1 Å². The molecule has 3 saturated carbocycles. The zero-order chi connectivity index (χ0) is 7.42. The molecule has 3 aliphatic rings. The van der Waals surface area contributed by atoms with Gasteiger partial charge in [0, 0.05) is 0 Å². The normalized spacial score (nSPS) is 60.3. The van der Waals surface area contributed by atoms with Crippen molar-refractivity contribution in [1.82, 2.24) is 0 Å². The molecular formula is C10H16O. The molecule has 2 bridgehead atoms. The minimum atomic E-state index is 0.0827. The van der Waals surface area contributed by atoms with Crippen LogP contribution in [0, 0.1) is 23.7 Å². The quantitative estimate of drug-likeness (QED) is 0.561. The number of fused-ring (bicyclic) bond motifs is 5. The predicted octanol–water partition coefficient (Wildman–Crippen LogP) is 1.80. The zero-order valence-corrected chi connectivity index (χ0v) is 6.87. The maximum Gasteiger partial charge on any atom is 0.0574 e. The van der Waals surface area contributed by atoms with Crippen LogP contribution in [0.25, 0.3) is 0 Å². The fraction of sp³-hybridized carbons (Fsp3) is 1.00. The molecule has 3 fully saturated rings. The van der Waals surface area contributed by atoms with E-state index < -0.39 is 0 Å². The molecule has 3 rings (SSSR count). The van der Waals surface area contributed by atoms with Crippen LogP contribution >= 0.6 is 0 Å². The summed E-state index contributed by atoms with van der Waals surface area (Å²) in [6.07, 6.45) is 6.90. The number of hydrogen-bond donors (Lipinski definition) is 1. The van der Waals surface area contributed by atoms with E-state index in [9.17, 15) is 5.11 Å². The second kappa shape index (κ2) is 2.01. The van der Waals surface area contributed by atoms with Gasteiger partial charge in [0.2, 0.25) is 0 Å². The van der Waals surface area contributed by atoms with Crippen molar-refractivity contribution in [2.24, 2.45) is 23.7 Å². The second-order valence-electron chi connectivity index (χ2n) is 4.72. The number of hydrogen-bond acceptors (Lipinski definition) is 1. The van der Waals surface area contributed by atoms with Crippen molar-refractivity contribution in [3.8, 4) is 0 Å². The molecule has 0 radical (unpaired) electrons. The summed E-state index contributed by atoms with van der Waals surface area (Å²) in [7, 11) is 0. The highest BCUT2D eigenvalue weighted by Gasteiger charge is 2.53. The highest BCUT2D eigenvalue weighted by Crippen LogP contribution is 2.58. The molecule has 62 valence electrons. The van der Waals surface area contributed by atoms with Crippen LogP contribution in [0.5, 0.6) is 0 Å². The van der Waals surface area contributed by atoms with Crippen molar-refractivity contribution in [3.63, 3.8) is 0 Å². The van der Waals surface area contributed by atoms with Crippen LogP contribution < -0.4 is 0 Å². The van der Waals surface area contributed by atoms with E-state index in [-0.39, 0.29) is 6.10 Å². The molecule has 1 nitrogen and oxygen atoms in total. The third-order valence-corrected chi connectivity index (χ3v) is 4.39. The van der Waals surface area contributed by atoms with Crippen molar-refractivity contribution < 1.29 is 5.11 Å². The molecule has 0 aromatic heterocycles. The van der Waals surface area contributed by atoms with Crippen molar-refractivity contribution in [2.45, 2.75) is 38.2 Å². The molecule has 1 heteroatoms. The van der Waals surface area contributed by atoms with Crippen LogP contribution in [0.4, 0.5) is 0 Å². The summed E-state index contributed by atoms with van der Waals surface area (Å²) >= 11 is 0. The maximum atomic E-state index is 9.67. The number of rotatable bonds is 0. The van der Waals surface area contributed by atoms with E-state index in [2.05, 4.69) is 0 Å². The minimum Gasteiger partial charge on any atom is -0.393 e. The van der Waals surface area contributed by atoms with Crippen LogP contribution in [0.2, 0.25) is 0 Å². The first-order valence-corrected chi connectivity index (χ1v) is 5.04. The van der Waals surface area contributed by atoms with Gasteiger partial charge in [0.15, 0.2) is 0 Å². The first-order valence-electron chi connectivity index (χ1n) is 5.04. The van der Waals surface area contributed by atoms with E-state index in [0.717, 1.165) is 24.2 Å². The van der Waals surface area contributed by atoms with Gasteiger partial charge in [0.1, 0.15) is 0 Å². The van der Waals surface area contributed by atoms with E-state index >= 15 is 0 Å². The summed E-state index contributed by atoms with van der Waals surface area (Å²) in [6.45, 7) is 0. The van der Waals surface area contributed by atoms with Crippen molar-refractivity contribution in [1.29, 1.82) is 0 Å². The second-order valence-corrected chi connectivity index (χ2v) is 4.72. The van der Waals surface area contributed by atoms with E-state index in [4.69, 9.17) is 0 Å². The van der Waals surface area contributed by atoms with Gasteiger partial charge in [0.05, 0.1) is 6.10 Å². The van der Waals surface area contributed by atoms with Crippen LogP contribution in [0.3, 0.4) is 0 Å². The minimum absolute atomic E-state index is 0.0827. The fourth-order valence-corrected chi connectivity index (χ4v) is 4.03. The predicted molar refractivity (Wildman–Crippen MR) is 43.1 cm³/mol. The van der Waals surface area contributed by atoms with Gasteiger partial charge >= 0.3 is 0 Å². The first kappa shape index (κ1) is 6.47. The smallest absolute Gasteiger partial charge is 0.0574 e. The molecule has 0 amide bonds. The molecule has 0 saturated heterocycles. The van der Waals surface area contributed by atoms with E-state index in [0.29, 0.717) is 5.92 Å². The van der Waals surface area contributed by atoms with E-state index in [1.807, 2.05) is 0 Å². The Labute approximate surface area is 67.8 Å². The lowest BCUT2D eigenvalue weighted by Crippen LogP contribution is -2.27. The molecular weight excluding hydrogens is 136 g/mol. The Kier molecular flexibility index (Phi) is 1.18. The maximum absolute atomic E-state index is 9.67. The van der Waals surface area contributed by atoms with Crippen LogP contribution in [-0.4, -0.2) is 11.2 Å². The monoisotopic (exact) mass is 152 g/mol. The Balaban J connectivity index is 1.90. The largest absolute Gasteiger partial charge is 0.393 e. The molecule has 0 spiro atoms. The molecule has 5 atom stereocenters. The van der Waals surface area contributed by atoms with Gasteiger partial charge in [-0.1, -0.05) is 6.42 Å². The highest BCUT2D eigenvalue weighted by molar-refractivity contribution is 5.02. The SMILES string of the molecule is O[C@@H]1C[C@H]2C[C@@H]1[C@@H]1CCC[C@H]21. The topological polar surface area (TPSA) is 20.2 Å². The Morgan fingerprint density at radius 1 is 0.909 bits per heavy atom. The summed E-state index contributed by atoms with van der Waals surface area (Å²) < 4.78 is 0. The van der Waals surface area contributed by atoms with Gasteiger partial charge < -0.3 is 5.11 Å². The Morgan fingerprint density at radius 3 is 2.64 bits per heavy atom. The van der Waals surface area contributed by atoms with E-state index in [1.165, 1.54) is 25.7 Å². The summed E-state index contributed by atoms with van der Waals surface area (Å²) in [6, 6.07) is 0. The van der Waals surface area contributed by atoms with Gasteiger partial charge in [-0.05, 0) is 49.4 Å². The lowest BCUT2D eigenvalue weighted by Gasteiger charge is -2.28. The Morgan fingerprint density at radius 2 is 1.73 bits per heavy atom. The Hall–Kier alpha value is -0.0400. The number of aliphatic hydroxyl groups is 1. The van der Waals surface area contributed by atoms with Crippen LogP contribution in [0.15, 0.2) is 0 Å². The lowest BCUT2D eigenvalue weighted by atomic mass is 9.80. The standard InChI is InChI=1S/C10H16O/c11-10-5-6-4-9(10)8-3-1-2-7(6)8/h6-11H,1-5H2/t6-,7-,8-,9-,10-/m1/s1. The van der Waals surface area contributed by atoms with Gasteiger partial charge in [0.25, 0.3) is 0 Å². The molecule has 0 unspecified atom stereocenters. The summed E-state index contributed by atoms with van der Waals surface area (Å²) in [5.74, 6) is 3.60. The van der Waals surface area contributed by atoms with Gasteiger partial charge in [-0.25, -0.2) is 0 Å². The van der Waals surface area contributed by atoms with Crippen molar-refractivity contribution in [2.75, 3.05) is 0 Å². The summed E-state index contributed by atoms with van der Waals surface area (Å²) in [4.78, 5) is 0. The highest BCUT2D eigenvalue weighted by atomic mass is 16.3. The molecule has 0 aliphatic heterocycles. The van der Waals surface area contributed by atoms with E-state index in [1.54, 1.807) is 0 Å². The molecule has 0 heterocycles. The average molecular weight is 152 g/mol. The zero-order valence-electron chi connectivity index (χ0n) is 6.87. The first-order chi connectivity index (χ1) is 5.36. The van der Waals surface area contributed by atoms with Crippen molar-refractivity contribution in [3.05, 3.63) is 0 Å². The van der Waals surface area contributed by atoms with Gasteiger partial charge in [-0.15, -0.1) is 0 Å². The Bertz CT molecular complexity index is 178. The summed E-state index contributed by atoms with van der Waals surface area (Å²) in [5.41, 5.74) is 0. The molecule has 3 aliphatic carbocycles. The van der Waals surface area contributed by atoms with Gasteiger partial charge in [-0.3, -0.25) is 0 Å². The molecule has 1 N–H and O–H groups in total. The van der Waals surface area contributed by atoms with Crippen molar-refractivity contribution >= 4 is 0 Å². The third kappa shape index (κ3) is 0.703. The van der Waals surface area contributed by atoms with Gasteiger partial charge in [-0.2, -0.15) is 0 Å². The lowest BCUT2D eigenvalue weighted by molar-refractivity contribution is 0.0642. The third-order valence-electron chi connectivity index (χ3n) is 4.39. The number of aliphatic hydroxyl groups excluding tert-OH is 1. The molecule has 0 aromatic carbocycles. The molecule has 11 heavy (non-hydrogen) atoms. The summed E-state index contributed by atoms with van der Waals surface area (Å²) in [5, 5.41) is 9.67.